The monoisotopic (exact) mass is 526 g/mol. The number of aromatic nitrogens is 1. The predicted octanol–water partition coefficient (Wildman–Crippen LogP) is 2.81. The minimum absolute atomic E-state index is 0. The van der Waals surface area contributed by atoms with Gasteiger partial charge in [-0.3, -0.25) is 4.99 Å². The average molecular weight is 526 g/mol. The van der Waals surface area contributed by atoms with Gasteiger partial charge in [0.05, 0.1) is 0 Å². The molecular weight excluding hydrogens is 494 g/mol. The molecule has 1 aromatic heterocycles. The fourth-order valence-electron chi connectivity index (χ4n) is 3.41. The van der Waals surface area contributed by atoms with E-state index >= 15 is 0 Å². The smallest absolute Gasteiger partial charge is 0.191 e. The molecule has 0 radical (unpaired) electrons. The van der Waals surface area contributed by atoms with Gasteiger partial charge in [-0.25, -0.2) is 9.37 Å². The highest BCUT2D eigenvalue weighted by Gasteiger charge is 2.14. The van der Waals surface area contributed by atoms with Crippen molar-refractivity contribution in [1.82, 2.24) is 20.5 Å². The number of guanidine groups is 1. The highest BCUT2D eigenvalue weighted by Crippen LogP contribution is 2.13. The number of rotatable bonds is 6. The summed E-state index contributed by atoms with van der Waals surface area (Å²) in [5, 5.41) is 6.63. The maximum atomic E-state index is 13.2. The molecule has 6 nitrogen and oxygen atoms in total. The number of aryl methyl sites for hydroxylation is 1. The minimum atomic E-state index is -0.191. The molecular formula is C22H32FIN6. The van der Waals surface area contributed by atoms with Crippen molar-refractivity contribution in [2.45, 2.75) is 19.9 Å². The summed E-state index contributed by atoms with van der Waals surface area (Å²) in [6.07, 6.45) is 2.74. The van der Waals surface area contributed by atoms with Crippen LogP contribution in [-0.2, 0) is 13.0 Å². The molecule has 0 amide bonds. The Bertz CT molecular complexity index is 819. The van der Waals surface area contributed by atoms with Crippen molar-refractivity contribution in [1.29, 1.82) is 0 Å². The van der Waals surface area contributed by atoms with Gasteiger partial charge in [-0.15, -0.1) is 24.0 Å². The fraction of sp³-hybridized carbons (Fsp3) is 0.455. The lowest BCUT2D eigenvalue weighted by Gasteiger charge is -2.33. The van der Waals surface area contributed by atoms with E-state index in [9.17, 15) is 4.39 Å². The van der Waals surface area contributed by atoms with E-state index in [0.717, 1.165) is 67.6 Å². The van der Waals surface area contributed by atoms with Crippen molar-refractivity contribution in [2.75, 3.05) is 51.7 Å². The van der Waals surface area contributed by atoms with Crippen LogP contribution in [0.25, 0.3) is 0 Å². The quantitative estimate of drug-likeness (QED) is 0.345. The second-order valence-electron chi connectivity index (χ2n) is 7.49. The van der Waals surface area contributed by atoms with E-state index in [1.165, 1.54) is 6.07 Å². The summed E-state index contributed by atoms with van der Waals surface area (Å²) in [5.41, 5.74) is 3.22. The van der Waals surface area contributed by atoms with Crippen LogP contribution in [0.5, 0.6) is 0 Å². The number of aliphatic imine (C=N–C) groups is 1. The van der Waals surface area contributed by atoms with Gasteiger partial charge in [0, 0.05) is 52.5 Å². The largest absolute Gasteiger partial charge is 0.356 e. The number of anilines is 1. The zero-order valence-electron chi connectivity index (χ0n) is 18.0. The first-order valence-corrected chi connectivity index (χ1v) is 10.1. The molecule has 0 aliphatic carbocycles. The van der Waals surface area contributed by atoms with E-state index in [0.29, 0.717) is 6.54 Å². The maximum Gasteiger partial charge on any atom is 0.191 e. The zero-order chi connectivity index (χ0) is 20.6. The molecule has 0 spiro atoms. The van der Waals surface area contributed by atoms with Crippen LogP contribution in [0.2, 0.25) is 0 Å². The predicted molar refractivity (Wildman–Crippen MR) is 132 cm³/mol. The van der Waals surface area contributed by atoms with Crippen molar-refractivity contribution in [3.8, 4) is 0 Å². The molecule has 164 valence electrons. The summed E-state index contributed by atoms with van der Waals surface area (Å²) in [5.74, 6) is 1.59. The van der Waals surface area contributed by atoms with E-state index in [-0.39, 0.29) is 29.8 Å². The van der Waals surface area contributed by atoms with Crippen molar-refractivity contribution >= 4 is 35.8 Å². The van der Waals surface area contributed by atoms with Gasteiger partial charge in [0.1, 0.15) is 11.6 Å². The fourth-order valence-corrected chi connectivity index (χ4v) is 3.41. The molecule has 1 aliphatic rings. The van der Waals surface area contributed by atoms with Crippen LogP contribution < -0.4 is 15.5 Å². The van der Waals surface area contributed by atoms with Crippen LogP contribution in [0.4, 0.5) is 10.2 Å². The van der Waals surface area contributed by atoms with Gasteiger partial charge in [0.2, 0.25) is 0 Å². The summed E-state index contributed by atoms with van der Waals surface area (Å²) in [6.45, 7) is 7.51. The Morgan fingerprint density at radius 2 is 1.90 bits per heavy atom. The van der Waals surface area contributed by atoms with Crippen molar-refractivity contribution < 1.29 is 4.39 Å². The van der Waals surface area contributed by atoms with Gasteiger partial charge < -0.3 is 20.4 Å². The summed E-state index contributed by atoms with van der Waals surface area (Å²) in [4.78, 5) is 13.6. The Kier molecular flexibility index (Phi) is 9.77. The van der Waals surface area contributed by atoms with Crippen LogP contribution in [0, 0.1) is 12.7 Å². The highest BCUT2D eigenvalue weighted by molar-refractivity contribution is 14.0. The molecule has 0 bridgehead atoms. The van der Waals surface area contributed by atoms with E-state index < -0.39 is 0 Å². The van der Waals surface area contributed by atoms with Crippen molar-refractivity contribution in [3.63, 3.8) is 0 Å². The summed E-state index contributed by atoms with van der Waals surface area (Å²) in [6, 6.07) is 9.13. The van der Waals surface area contributed by atoms with E-state index in [1.807, 2.05) is 19.2 Å². The Balaban J connectivity index is 0.00000320. The Morgan fingerprint density at radius 3 is 2.53 bits per heavy atom. The van der Waals surface area contributed by atoms with Gasteiger partial charge in [0.15, 0.2) is 5.96 Å². The number of piperazine rings is 1. The molecule has 1 fully saturated rings. The molecule has 1 aliphatic heterocycles. The Morgan fingerprint density at radius 1 is 1.13 bits per heavy atom. The molecule has 2 heterocycles. The van der Waals surface area contributed by atoms with Gasteiger partial charge in [-0.1, -0.05) is 12.1 Å². The van der Waals surface area contributed by atoms with Crippen LogP contribution in [0.3, 0.4) is 0 Å². The van der Waals surface area contributed by atoms with Crippen LogP contribution >= 0.6 is 24.0 Å². The van der Waals surface area contributed by atoms with Gasteiger partial charge in [-0.05, 0) is 55.3 Å². The lowest BCUT2D eigenvalue weighted by molar-refractivity contribution is 0.312. The van der Waals surface area contributed by atoms with Crippen LogP contribution in [0.15, 0.2) is 41.5 Å². The number of nitrogens with zero attached hydrogens (tertiary/aromatic N) is 4. The number of nitrogens with one attached hydrogen (secondary N) is 2. The summed E-state index contributed by atoms with van der Waals surface area (Å²) < 4.78 is 13.2. The second-order valence-corrected chi connectivity index (χ2v) is 7.49. The van der Waals surface area contributed by atoms with Gasteiger partial charge in [-0.2, -0.15) is 0 Å². The second kappa shape index (κ2) is 12.0. The minimum Gasteiger partial charge on any atom is -0.356 e. The SMILES string of the molecule is CN=C(NCCc1ccc(F)cc1C)NCc1ccc(N2CCN(C)CC2)nc1.I. The summed E-state index contributed by atoms with van der Waals surface area (Å²) >= 11 is 0. The normalized spacial score (nSPS) is 14.9. The summed E-state index contributed by atoms with van der Waals surface area (Å²) in [7, 11) is 3.91. The van der Waals surface area contributed by atoms with Gasteiger partial charge >= 0.3 is 0 Å². The number of halogens is 2. The molecule has 0 unspecified atom stereocenters. The van der Waals surface area contributed by atoms with E-state index in [1.54, 1.807) is 13.1 Å². The van der Waals surface area contributed by atoms with Crippen LogP contribution in [-0.4, -0.2) is 62.7 Å². The molecule has 2 N–H and O–H groups in total. The lowest BCUT2D eigenvalue weighted by Crippen LogP contribution is -2.44. The highest BCUT2D eigenvalue weighted by atomic mass is 127. The van der Waals surface area contributed by atoms with Crippen LogP contribution in [0.1, 0.15) is 16.7 Å². The third-order valence-corrected chi connectivity index (χ3v) is 5.31. The van der Waals surface area contributed by atoms with E-state index in [2.05, 4.69) is 49.6 Å². The topological polar surface area (TPSA) is 55.8 Å². The first kappa shape index (κ1) is 24.3. The number of hydrogen-bond acceptors (Lipinski definition) is 4. The molecule has 2 aromatic rings. The first-order valence-electron chi connectivity index (χ1n) is 10.1. The molecule has 1 aromatic carbocycles. The molecule has 0 atom stereocenters. The number of hydrogen-bond donors (Lipinski definition) is 2. The molecule has 1 saturated heterocycles. The third-order valence-electron chi connectivity index (χ3n) is 5.31. The standard InChI is InChI=1S/C22H31FN6.HI/c1-17-14-20(23)6-5-19(17)8-9-25-22(24-2)27-16-18-4-7-21(26-15-18)29-12-10-28(3)11-13-29;/h4-7,14-15H,8-13,16H2,1-3H3,(H2,24,25,27);1H. The number of likely N-dealkylation sites (N-methyl/N-ethyl adjacent to an activating group) is 1. The first-order chi connectivity index (χ1) is 14.0. The molecule has 0 saturated carbocycles. The lowest BCUT2D eigenvalue weighted by atomic mass is 10.1. The zero-order valence-corrected chi connectivity index (χ0v) is 20.3. The average Bonchev–Trinajstić information content (AvgIpc) is 2.73. The Hall–Kier alpha value is -1.94. The molecule has 8 heteroatoms. The van der Waals surface area contributed by atoms with Crippen molar-refractivity contribution in [3.05, 3.63) is 59.0 Å². The third kappa shape index (κ3) is 7.09. The maximum absolute atomic E-state index is 13.2. The Labute approximate surface area is 196 Å². The van der Waals surface area contributed by atoms with E-state index in [4.69, 9.17) is 0 Å². The number of pyridine rings is 1. The molecule has 30 heavy (non-hydrogen) atoms. The van der Waals surface area contributed by atoms with Crippen molar-refractivity contribution in [2.24, 2.45) is 4.99 Å². The van der Waals surface area contributed by atoms with Gasteiger partial charge in [0.25, 0.3) is 0 Å². The number of benzene rings is 1. The molecule has 3 rings (SSSR count).